The fourth-order valence-corrected chi connectivity index (χ4v) is 3.40. The Hall–Kier alpha value is -3.20. The van der Waals surface area contributed by atoms with Crippen LogP contribution in [0.5, 0.6) is 5.75 Å². The molecule has 0 radical (unpaired) electrons. The Labute approximate surface area is 145 Å². The fourth-order valence-electron chi connectivity index (χ4n) is 3.40. The number of rotatable bonds is 3. The molecule has 0 N–H and O–H groups in total. The van der Waals surface area contributed by atoms with Crippen LogP contribution in [0.2, 0.25) is 0 Å². The Morgan fingerprint density at radius 1 is 0.840 bits per heavy atom. The Morgan fingerprint density at radius 3 is 2.32 bits per heavy atom. The first-order valence-electron chi connectivity index (χ1n) is 8.08. The molecule has 0 aromatic heterocycles. The first-order valence-corrected chi connectivity index (χ1v) is 8.08. The van der Waals surface area contributed by atoms with Gasteiger partial charge in [-0.2, -0.15) is 0 Å². The van der Waals surface area contributed by atoms with Gasteiger partial charge in [0.1, 0.15) is 5.75 Å². The molecule has 25 heavy (non-hydrogen) atoms. The van der Waals surface area contributed by atoms with Crippen molar-refractivity contribution in [3.63, 3.8) is 0 Å². The molecule has 3 nitrogen and oxygen atoms in total. The molecule has 0 bridgehead atoms. The molecule has 1 aliphatic rings. The third-order valence-electron chi connectivity index (χ3n) is 4.60. The minimum absolute atomic E-state index is 0.0314. The van der Waals surface area contributed by atoms with Crippen LogP contribution in [0, 0.1) is 6.92 Å². The van der Waals surface area contributed by atoms with Gasteiger partial charge in [0, 0.05) is 22.3 Å². The van der Waals surface area contributed by atoms with E-state index in [-0.39, 0.29) is 11.6 Å². The normalized spacial score (nSPS) is 11.8. The molecule has 0 fully saturated rings. The molecule has 0 saturated heterocycles. The van der Waals surface area contributed by atoms with Crippen molar-refractivity contribution in [3.8, 4) is 16.9 Å². The van der Waals surface area contributed by atoms with Gasteiger partial charge in [0.2, 0.25) is 0 Å². The lowest BCUT2D eigenvalue weighted by Crippen LogP contribution is -2.06. The number of hydrogen-bond donors (Lipinski definition) is 0. The molecule has 0 aliphatic heterocycles. The maximum absolute atomic E-state index is 13.2. The molecule has 4 rings (SSSR count). The van der Waals surface area contributed by atoms with Crippen LogP contribution < -0.4 is 4.74 Å². The van der Waals surface area contributed by atoms with E-state index in [1.165, 1.54) is 0 Å². The maximum Gasteiger partial charge on any atom is 0.197 e. The van der Waals surface area contributed by atoms with Gasteiger partial charge in [0.25, 0.3) is 0 Å². The number of ketones is 2. The molecule has 0 heterocycles. The largest absolute Gasteiger partial charge is 0.496 e. The minimum Gasteiger partial charge on any atom is -0.496 e. The molecule has 0 unspecified atom stereocenters. The summed E-state index contributed by atoms with van der Waals surface area (Å²) in [6, 6.07) is 18.2. The van der Waals surface area contributed by atoms with Gasteiger partial charge in [-0.3, -0.25) is 9.59 Å². The summed E-state index contributed by atoms with van der Waals surface area (Å²) in [6.07, 6.45) is 0. The zero-order chi connectivity index (χ0) is 17.6. The molecule has 0 saturated carbocycles. The standard InChI is InChI=1S/C22H16O3/c1-13-10-11-16(19(12-13)25-2)22(24)18-9-5-8-17-20(18)14-6-3-4-7-15(14)21(17)23/h3-12H,1-2H3. The Balaban J connectivity index is 1.93. The lowest BCUT2D eigenvalue weighted by atomic mass is 9.93. The van der Waals surface area contributed by atoms with Crippen molar-refractivity contribution in [1.82, 2.24) is 0 Å². The SMILES string of the molecule is COc1cc(C)ccc1C(=O)c1cccc2c1-c1ccccc1C2=O. The highest BCUT2D eigenvalue weighted by Crippen LogP contribution is 2.40. The average molecular weight is 328 g/mol. The van der Waals surface area contributed by atoms with Crippen molar-refractivity contribution in [1.29, 1.82) is 0 Å². The predicted octanol–water partition coefficient (Wildman–Crippen LogP) is 4.45. The topological polar surface area (TPSA) is 43.4 Å². The van der Waals surface area contributed by atoms with E-state index >= 15 is 0 Å². The summed E-state index contributed by atoms with van der Waals surface area (Å²) < 4.78 is 5.39. The summed E-state index contributed by atoms with van der Waals surface area (Å²) in [5.41, 5.74) is 4.81. The van der Waals surface area contributed by atoms with Crippen LogP contribution >= 0.6 is 0 Å². The number of carbonyl (C=O) groups excluding carboxylic acids is 2. The van der Waals surface area contributed by atoms with E-state index in [0.717, 1.165) is 16.7 Å². The average Bonchev–Trinajstić information content (AvgIpc) is 2.94. The second-order valence-electron chi connectivity index (χ2n) is 6.14. The number of aryl methyl sites for hydroxylation is 1. The zero-order valence-corrected chi connectivity index (χ0v) is 14.0. The zero-order valence-electron chi connectivity index (χ0n) is 14.0. The number of carbonyl (C=O) groups is 2. The molecule has 0 amide bonds. The highest BCUT2D eigenvalue weighted by Gasteiger charge is 2.30. The first kappa shape index (κ1) is 15.3. The summed E-state index contributed by atoms with van der Waals surface area (Å²) >= 11 is 0. The molecule has 3 aromatic carbocycles. The minimum atomic E-state index is -0.141. The van der Waals surface area contributed by atoms with E-state index in [4.69, 9.17) is 4.74 Å². The quantitative estimate of drug-likeness (QED) is 0.522. The van der Waals surface area contributed by atoms with Gasteiger partial charge in [-0.15, -0.1) is 0 Å². The second-order valence-corrected chi connectivity index (χ2v) is 6.14. The number of hydrogen-bond acceptors (Lipinski definition) is 3. The molecule has 122 valence electrons. The molecular formula is C22H16O3. The van der Waals surface area contributed by atoms with Crippen LogP contribution in [0.4, 0.5) is 0 Å². The molecule has 0 atom stereocenters. The van der Waals surface area contributed by atoms with Crippen molar-refractivity contribution >= 4 is 11.6 Å². The summed E-state index contributed by atoms with van der Waals surface area (Å²) in [7, 11) is 1.56. The lowest BCUT2D eigenvalue weighted by Gasteiger charge is -2.12. The first-order chi connectivity index (χ1) is 12.1. The van der Waals surface area contributed by atoms with Gasteiger partial charge in [-0.25, -0.2) is 0 Å². The van der Waals surface area contributed by atoms with Crippen molar-refractivity contribution < 1.29 is 14.3 Å². The van der Waals surface area contributed by atoms with Gasteiger partial charge < -0.3 is 4.74 Å². The lowest BCUT2D eigenvalue weighted by molar-refractivity contribution is 0.103. The van der Waals surface area contributed by atoms with E-state index in [1.807, 2.05) is 37.3 Å². The van der Waals surface area contributed by atoms with Crippen LogP contribution in [-0.2, 0) is 0 Å². The van der Waals surface area contributed by atoms with Crippen LogP contribution in [0.1, 0.15) is 37.4 Å². The number of ether oxygens (including phenoxy) is 1. The second kappa shape index (κ2) is 5.71. The van der Waals surface area contributed by atoms with E-state index in [0.29, 0.717) is 28.0 Å². The molecule has 0 spiro atoms. The van der Waals surface area contributed by atoms with Crippen molar-refractivity contribution in [3.05, 3.63) is 88.5 Å². The third kappa shape index (κ3) is 2.28. The van der Waals surface area contributed by atoms with E-state index in [2.05, 4.69) is 0 Å². The van der Waals surface area contributed by atoms with Crippen LogP contribution in [0.15, 0.2) is 60.7 Å². The molecular weight excluding hydrogens is 312 g/mol. The summed E-state index contributed by atoms with van der Waals surface area (Å²) in [6.45, 7) is 1.95. The van der Waals surface area contributed by atoms with Crippen molar-refractivity contribution in [2.24, 2.45) is 0 Å². The summed E-state index contributed by atoms with van der Waals surface area (Å²) in [5.74, 6) is 0.370. The van der Waals surface area contributed by atoms with Gasteiger partial charge in [0.15, 0.2) is 11.6 Å². The number of fused-ring (bicyclic) bond motifs is 3. The molecule has 3 aromatic rings. The Kier molecular flexibility index (Phi) is 3.50. The van der Waals surface area contributed by atoms with Gasteiger partial charge in [-0.05, 0) is 30.2 Å². The Morgan fingerprint density at radius 2 is 1.56 bits per heavy atom. The van der Waals surface area contributed by atoms with Crippen molar-refractivity contribution in [2.75, 3.05) is 7.11 Å². The molecule has 3 heteroatoms. The highest BCUT2D eigenvalue weighted by atomic mass is 16.5. The smallest absolute Gasteiger partial charge is 0.197 e. The summed E-state index contributed by atoms with van der Waals surface area (Å²) in [4.78, 5) is 25.9. The number of benzene rings is 3. The van der Waals surface area contributed by atoms with Gasteiger partial charge in [0.05, 0.1) is 12.7 Å². The van der Waals surface area contributed by atoms with E-state index < -0.39 is 0 Å². The van der Waals surface area contributed by atoms with E-state index in [1.54, 1.807) is 37.4 Å². The van der Waals surface area contributed by atoms with Crippen LogP contribution in [0.25, 0.3) is 11.1 Å². The summed E-state index contributed by atoms with van der Waals surface area (Å²) in [5, 5.41) is 0. The van der Waals surface area contributed by atoms with Crippen molar-refractivity contribution in [2.45, 2.75) is 6.92 Å². The monoisotopic (exact) mass is 328 g/mol. The maximum atomic E-state index is 13.2. The highest BCUT2D eigenvalue weighted by molar-refractivity contribution is 6.26. The molecule has 1 aliphatic carbocycles. The predicted molar refractivity (Wildman–Crippen MR) is 96.5 cm³/mol. The third-order valence-corrected chi connectivity index (χ3v) is 4.60. The fraction of sp³-hybridized carbons (Fsp3) is 0.0909. The van der Waals surface area contributed by atoms with Gasteiger partial charge in [-0.1, -0.05) is 48.5 Å². The van der Waals surface area contributed by atoms with Crippen LogP contribution in [0.3, 0.4) is 0 Å². The number of methoxy groups -OCH3 is 1. The van der Waals surface area contributed by atoms with E-state index in [9.17, 15) is 9.59 Å². The van der Waals surface area contributed by atoms with Crippen LogP contribution in [-0.4, -0.2) is 18.7 Å². The Bertz CT molecular complexity index is 1030. The van der Waals surface area contributed by atoms with Gasteiger partial charge >= 0.3 is 0 Å².